The van der Waals surface area contributed by atoms with Crippen molar-refractivity contribution in [3.8, 4) is 0 Å². The Balaban J connectivity index is 2.43. The highest BCUT2D eigenvalue weighted by Crippen LogP contribution is 2.23. The summed E-state index contributed by atoms with van der Waals surface area (Å²) < 4.78 is 11.1. The minimum atomic E-state index is -1.54. The summed E-state index contributed by atoms with van der Waals surface area (Å²) in [5.74, 6) is -0.159. The predicted octanol–water partition coefficient (Wildman–Crippen LogP) is 4.49. The smallest absolute Gasteiger partial charge is 0.220 e. The average molecular weight is 590 g/mol. The maximum absolute atomic E-state index is 12.6. The van der Waals surface area contributed by atoms with Crippen molar-refractivity contribution in [2.45, 2.75) is 185 Å². The van der Waals surface area contributed by atoms with Gasteiger partial charge in [-0.1, -0.05) is 123 Å². The van der Waals surface area contributed by atoms with Crippen molar-refractivity contribution in [1.82, 2.24) is 5.32 Å². The lowest BCUT2D eigenvalue weighted by Crippen LogP contribution is -2.60. The van der Waals surface area contributed by atoms with Gasteiger partial charge in [-0.25, -0.2) is 0 Å². The van der Waals surface area contributed by atoms with Crippen LogP contribution in [0.4, 0.5) is 0 Å². The first-order valence-corrected chi connectivity index (χ1v) is 16.7. The van der Waals surface area contributed by atoms with Gasteiger partial charge in [-0.3, -0.25) is 4.79 Å². The topological polar surface area (TPSA) is 149 Å². The first kappa shape index (κ1) is 38.2. The molecule has 0 aromatic heterocycles. The van der Waals surface area contributed by atoms with Gasteiger partial charge in [-0.05, 0) is 12.8 Å². The van der Waals surface area contributed by atoms with Gasteiger partial charge in [0.2, 0.25) is 5.91 Å². The summed E-state index contributed by atoms with van der Waals surface area (Å²) in [5, 5.41) is 53.6. The molecule has 0 saturated carbocycles. The van der Waals surface area contributed by atoms with Crippen LogP contribution in [-0.2, 0) is 14.3 Å². The van der Waals surface area contributed by atoms with E-state index in [0.717, 1.165) is 51.4 Å². The first-order chi connectivity index (χ1) is 19.8. The second kappa shape index (κ2) is 24.6. The van der Waals surface area contributed by atoms with Gasteiger partial charge in [-0.15, -0.1) is 0 Å². The first-order valence-electron chi connectivity index (χ1n) is 16.7. The standard InChI is InChI=1S/C32H63NO8/c1-3-5-7-9-10-11-12-13-14-15-16-18-19-21-26(35)25(33-28(36)22-20-17-8-6-4-2)24-40-32-31(39)30(38)29(37)27(23-34)41-32/h25-27,29-32,34-35,37-39H,3-24H2,1-2H3,(H,33,36)/t25-,26+,27+,29+,30-,31+,32+/m0/s1. The van der Waals surface area contributed by atoms with E-state index in [1.165, 1.54) is 64.2 Å². The minimum absolute atomic E-state index is 0.135. The largest absolute Gasteiger partial charge is 0.394 e. The van der Waals surface area contributed by atoms with Crippen LogP contribution in [0.5, 0.6) is 0 Å². The number of aliphatic hydroxyl groups excluding tert-OH is 5. The van der Waals surface area contributed by atoms with Crippen LogP contribution in [-0.4, -0.2) is 87.5 Å². The number of nitrogens with one attached hydrogen (secondary N) is 1. The van der Waals surface area contributed by atoms with Crippen LogP contribution in [0, 0.1) is 0 Å². The van der Waals surface area contributed by atoms with Crippen LogP contribution in [0.25, 0.3) is 0 Å². The van der Waals surface area contributed by atoms with Crippen molar-refractivity contribution in [3.63, 3.8) is 0 Å². The second-order valence-electron chi connectivity index (χ2n) is 12.0. The van der Waals surface area contributed by atoms with E-state index in [0.29, 0.717) is 12.8 Å². The molecule has 6 N–H and O–H groups in total. The predicted molar refractivity (Wildman–Crippen MR) is 161 cm³/mol. The number of aliphatic hydroxyl groups is 5. The molecule has 1 rings (SSSR count). The molecular formula is C32H63NO8. The third kappa shape index (κ3) is 17.2. The van der Waals surface area contributed by atoms with Crippen molar-refractivity contribution < 1.29 is 39.8 Å². The van der Waals surface area contributed by atoms with Crippen molar-refractivity contribution in [1.29, 1.82) is 0 Å². The summed E-state index contributed by atoms with van der Waals surface area (Å²) in [6.07, 6.45) is 14.4. The lowest BCUT2D eigenvalue weighted by atomic mass is 9.99. The molecule has 0 spiro atoms. The highest BCUT2D eigenvalue weighted by atomic mass is 16.7. The Labute approximate surface area is 249 Å². The van der Waals surface area contributed by atoms with E-state index in [1.807, 2.05) is 0 Å². The Morgan fingerprint density at radius 2 is 1.22 bits per heavy atom. The van der Waals surface area contributed by atoms with Crippen molar-refractivity contribution >= 4 is 5.91 Å². The molecule has 1 saturated heterocycles. The SMILES string of the molecule is CCCCCCCCCCCCCCC[C@@H](O)[C@H](CO[C@@H]1O[C@H](CO)[C@@H](O)[C@H](O)[C@H]1O)NC(=O)CCCCCCC. The van der Waals surface area contributed by atoms with Crippen molar-refractivity contribution in [3.05, 3.63) is 0 Å². The van der Waals surface area contributed by atoms with E-state index < -0.39 is 49.5 Å². The molecule has 1 amide bonds. The third-order valence-electron chi connectivity index (χ3n) is 8.21. The summed E-state index contributed by atoms with van der Waals surface area (Å²) in [5.41, 5.74) is 0. The quantitative estimate of drug-likeness (QED) is 0.0809. The minimum Gasteiger partial charge on any atom is -0.394 e. The molecule has 0 aliphatic carbocycles. The van der Waals surface area contributed by atoms with Gasteiger partial charge in [0.15, 0.2) is 6.29 Å². The zero-order valence-electron chi connectivity index (χ0n) is 26.1. The monoisotopic (exact) mass is 589 g/mol. The maximum Gasteiger partial charge on any atom is 0.220 e. The number of unbranched alkanes of at least 4 members (excludes halogenated alkanes) is 16. The molecular weight excluding hydrogens is 526 g/mol. The van der Waals surface area contributed by atoms with Gasteiger partial charge < -0.3 is 40.3 Å². The zero-order valence-corrected chi connectivity index (χ0v) is 26.1. The van der Waals surface area contributed by atoms with Crippen LogP contribution in [0.3, 0.4) is 0 Å². The van der Waals surface area contributed by atoms with Gasteiger partial charge in [-0.2, -0.15) is 0 Å². The number of carbonyl (C=O) groups excluding carboxylic acids is 1. The number of hydrogen-bond donors (Lipinski definition) is 6. The lowest BCUT2D eigenvalue weighted by molar-refractivity contribution is -0.302. The van der Waals surface area contributed by atoms with E-state index in [2.05, 4.69) is 19.2 Å². The summed E-state index contributed by atoms with van der Waals surface area (Å²) in [6, 6.07) is -0.706. The molecule has 0 radical (unpaired) electrons. The van der Waals surface area contributed by atoms with Crippen LogP contribution in [0.1, 0.15) is 142 Å². The Bertz CT molecular complexity index is 623. The number of rotatable bonds is 26. The van der Waals surface area contributed by atoms with Gasteiger partial charge in [0.25, 0.3) is 0 Å². The molecule has 1 aliphatic rings. The molecule has 9 heteroatoms. The number of carbonyl (C=O) groups is 1. The Morgan fingerprint density at radius 1 is 0.732 bits per heavy atom. The molecule has 9 nitrogen and oxygen atoms in total. The van der Waals surface area contributed by atoms with Gasteiger partial charge in [0.05, 0.1) is 25.4 Å². The summed E-state index contributed by atoms with van der Waals surface area (Å²) in [6.45, 7) is 3.70. The van der Waals surface area contributed by atoms with Gasteiger partial charge >= 0.3 is 0 Å². The van der Waals surface area contributed by atoms with Gasteiger partial charge in [0.1, 0.15) is 24.4 Å². The normalized spacial score (nSPS) is 24.3. The van der Waals surface area contributed by atoms with E-state index in [1.54, 1.807) is 0 Å². The zero-order chi connectivity index (χ0) is 30.3. The highest BCUT2D eigenvalue weighted by Gasteiger charge is 2.44. The molecule has 1 aliphatic heterocycles. The molecule has 0 aromatic rings. The second-order valence-corrected chi connectivity index (χ2v) is 12.0. The van der Waals surface area contributed by atoms with Crippen LogP contribution in [0.2, 0.25) is 0 Å². The Hall–Kier alpha value is -0.810. The van der Waals surface area contributed by atoms with Gasteiger partial charge in [0, 0.05) is 6.42 Å². The number of ether oxygens (including phenoxy) is 2. The molecule has 1 heterocycles. The molecule has 0 unspecified atom stereocenters. The molecule has 7 atom stereocenters. The maximum atomic E-state index is 12.6. The summed E-state index contributed by atoms with van der Waals surface area (Å²) in [4.78, 5) is 12.6. The average Bonchev–Trinajstić information content (AvgIpc) is 2.97. The number of amides is 1. The molecule has 0 bridgehead atoms. The van der Waals surface area contributed by atoms with E-state index >= 15 is 0 Å². The lowest BCUT2D eigenvalue weighted by Gasteiger charge is -2.40. The molecule has 244 valence electrons. The van der Waals surface area contributed by atoms with Crippen molar-refractivity contribution in [2.24, 2.45) is 0 Å². The fourth-order valence-electron chi connectivity index (χ4n) is 5.39. The van der Waals surface area contributed by atoms with Crippen molar-refractivity contribution in [2.75, 3.05) is 13.2 Å². The Kier molecular flexibility index (Phi) is 22.9. The number of hydrogen-bond acceptors (Lipinski definition) is 8. The summed E-state index contributed by atoms with van der Waals surface area (Å²) in [7, 11) is 0. The molecule has 41 heavy (non-hydrogen) atoms. The summed E-state index contributed by atoms with van der Waals surface area (Å²) >= 11 is 0. The van der Waals surface area contributed by atoms with Crippen LogP contribution in [0.15, 0.2) is 0 Å². The fraction of sp³-hybridized carbons (Fsp3) is 0.969. The van der Waals surface area contributed by atoms with Crippen LogP contribution >= 0.6 is 0 Å². The van der Waals surface area contributed by atoms with E-state index in [9.17, 15) is 30.3 Å². The molecule has 0 aromatic carbocycles. The molecule has 1 fully saturated rings. The highest BCUT2D eigenvalue weighted by molar-refractivity contribution is 5.76. The van der Waals surface area contributed by atoms with E-state index in [4.69, 9.17) is 9.47 Å². The van der Waals surface area contributed by atoms with Crippen LogP contribution < -0.4 is 5.32 Å². The Morgan fingerprint density at radius 3 is 1.73 bits per heavy atom. The third-order valence-corrected chi connectivity index (χ3v) is 8.21. The van der Waals surface area contributed by atoms with E-state index in [-0.39, 0.29) is 12.5 Å². The fourth-order valence-corrected chi connectivity index (χ4v) is 5.39.